The van der Waals surface area contributed by atoms with Crippen LogP contribution in [0, 0.1) is 5.92 Å². The van der Waals surface area contributed by atoms with Crippen molar-refractivity contribution in [2.75, 3.05) is 44.2 Å². The number of carbonyl (C=O) groups is 1. The molecule has 174 valence electrons. The Labute approximate surface area is 201 Å². The van der Waals surface area contributed by atoms with E-state index in [4.69, 9.17) is 11.6 Å². The van der Waals surface area contributed by atoms with Crippen LogP contribution in [0.1, 0.15) is 12.8 Å². The van der Waals surface area contributed by atoms with Gasteiger partial charge in [-0.1, -0.05) is 17.7 Å². The molecule has 0 aliphatic carbocycles. The van der Waals surface area contributed by atoms with Gasteiger partial charge in [-0.2, -0.15) is 4.31 Å². The number of halogens is 1. The fourth-order valence-corrected chi connectivity index (χ4v) is 7.61. The third-order valence-corrected chi connectivity index (χ3v) is 9.89. The molecule has 0 spiro atoms. The summed E-state index contributed by atoms with van der Waals surface area (Å²) in [6.07, 6.45) is 5.39. The molecule has 0 unspecified atom stereocenters. The van der Waals surface area contributed by atoms with Crippen molar-refractivity contribution in [1.29, 1.82) is 0 Å². The maximum atomic E-state index is 13.2. The Morgan fingerprint density at radius 1 is 1.06 bits per heavy atom. The van der Waals surface area contributed by atoms with Gasteiger partial charge in [0.15, 0.2) is 0 Å². The van der Waals surface area contributed by atoms with Gasteiger partial charge in [0.25, 0.3) is 10.0 Å². The Hall–Kier alpha value is -2.27. The number of anilines is 1. The molecule has 0 N–H and O–H groups in total. The van der Waals surface area contributed by atoms with Crippen molar-refractivity contribution in [3.63, 3.8) is 0 Å². The lowest BCUT2D eigenvalue weighted by molar-refractivity contribution is -0.134. The average Bonchev–Trinajstić information content (AvgIpc) is 3.25. The molecule has 2 aliphatic heterocycles. The van der Waals surface area contributed by atoms with E-state index in [-0.39, 0.29) is 16.7 Å². The van der Waals surface area contributed by atoms with Crippen molar-refractivity contribution in [2.24, 2.45) is 5.92 Å². The lowest BCUT2D eigenvalue weighted by Gasteiger charge is -2.38. The molecule has 0 bridgehead atoms. The highest BCUT2D eigenvalue weighted by atomic mass is 35.5. The van der Waals surface area contributed by atoms with E-state index in [1.165, 1.54) is 15.6 Å². The Bertz CT molecular complexity index is 1260. The molecule has 2 saturated heterocycles. The van der Waals surface area contributed by atoms with E-state index in [2.05, 4.69) is 14.9 Å². The standard InChI is InChI=1S/C22H24ClN5O3S2/c23-18-3-2-17-12-21(32-19(17)13-18)33(30,31)28-11-10-27(20(29)15-28)14-16-4-8-26(9-5-16)22-24-6-1-7-25-22/h1-3,6-7,12-13,16H,4-5,8-11,14-15H2. The summed E-state index contributed by atoms with van der Waals surface area (Å²) in [4.78, 5) is 25.4. The van der Waals surface area contributed by atoms with Gasteiger partial charge in [-0.3, -0.25) is 4.79 Å². The van der Waals surface area contributed by atoms with Crippen LogP contribution in [0.15, 0.2) is 46.9 Å². The van der Waals surface area contributed by atoms with Gasteiger partial charge in [-0.25, -0.2) is 18.4 Å². The van der Waals surface area contributed by atoms with Crippen molar-refractivity contribution in [2.45, 2.75) is 17.1 Å². The average molecular weight is 506 g/mol. The van der Waals surface area contributed by atoms with Crippen molar-refractivity contribution in [3.05, 3.63) is 47.7 Å². The molecule has 0 saturated carbocycles. The summed E-state index contributed by atoms with van der Waals surface area (Å²) in [6, 6.07) is 8.78. The van der Waals surface area contributed by atoms with E-state index in [0.717, 1.165) is 42.0 Å². The van der Waals surface area contributed by atoms with Gasteiger partial charge in [-0.15, -0.1) is 11.3 Å². The molecule has 1 amide bonds. The Kier molecular flexibility index (Phi) is 6.26. The number of aromatic nitrogens is 2. The molecule has 2 aromatic heterocycles. The van der Waals surface area contributed by atoms with Gasteiger partial charge in [-0.05, 0) is 48.4 Å². The number of amides is 1. The van der Waals surface area contributed by atoms with Gasteiger partial charge in [0.2, 0.25) is 11.9 Å². The third kappa shape index (κ3) is 4.70. The monoisotopic (exact) mass is 505 g/mol. The Morgan fingerprint density at radius 3 is 2.55 bits per heavy atom. The van der Waals surface area contributed by atoms with E-state index in [0.29, 0.717) is 30.6 Å². The minimum atomic E-state index is -3.72. The first kappa shape index (κ1) is 22.5. The van der Waals surface area contributed by atoms with E-state index in [1.807, 2.05) is 11.0 Å². The molecule has 5 rings (SSSR count). The number of piperazine rings is 1. The maximum absolute atomic E-state index is 13.2. The molecular formula is C22H24ClN5O3S2. The van der Waals surface area contributed by atoms with Crippen LogP contribution >= 0.6 is 22.9 Å². The zero-order valence-electron chi connectivity index (χ0n) is 17.9. The predicted molar refractivity (Wildman–Crippen MR) is 129 cm³/mol. The molecule has 8 nitrogen and oxygen atoms in total. The number of carbonyl (C=O) groups excluding carboxylic acids is 1. The lowest BCUT2D eigenvalue weighted by atomic mass is 9.96. The largest absolute Gasteiger partial charge is 0.341 e. The first-order valence-corrected chi connectivity index (χ1v) is 13.5. The second-order valence-electron chi connectivity index (χ2n) is 8.41. The summed E-state index contributed by atoms with van der Waals surface area (Å²) < 4.78 is 28.7. The number of sulfonamides is 1. The quantitative estimate of drug-likeness (QED) is 0.529. The minimum absolute atomic E-state index is 0.117. The molecule has 0 radical (unpaired) electrons. The van der Waals surface area contributed by atoms with Crippen LogP contribution < -0.4 is 4.90 Å². The van der Waals surface area contributed by atoms with Crippen molar-refractivity contribution in [3.8, 4) is 0 Å². The first-order valence-electron chi connectivity index (χ1n) is 10.9. The molecule has 0 atom stereocenters. The number of fused-ring (bicyclic) bond motifs is 1. The van der Waals surface area contributed by atoms with Crippen LogP contribution in [0.25, 0.3) is 10.1 Å². The predicted octanol–water partition coefficient (Wildman–Crippen LogP) is 3.09. The summed E-state index contributed by atoms with van der Waals surface area (Å²) in [5.41, 5.74) is 0. The Morgan fingerprint density at radius 2 is 1.82 bits per heavy atom. The lowest BCUT2D eigenvalue weighted by Crippen LogP contribution is -2.53. The SMILES string of the molecule is O=C1CN(S(=O)(=O)c2cc3ccc(Cl)cc3s2)CCN1CC1CCN(c2ncccn2)CC1. The number of piperidine rings is 1. The van der Waals surface area contributed by atoms with Crippen LogP contribution in [0.5, 0.6) is 0 Å². The molecule has 11 heteroatoms. The van der Waals surface area contributed by atoms with Gasteiger partial charge in [0.1, 0.15) is 4.21 Å². The van der Waals surface area contributed by atoms with Gasteiger partial charge in [0, 0.05) is 54.8 Å². The molecule has 1 aromatic carbocycles. The van der Waals surface area contributed by atoms with Crippen LogP contribution in [0.4, 0.5) is 5.95 Å². The van der Waals surface area contributed by atoms with Gasteiger partial charge in [0.05, 0.1) is 6.54 Å². The van der Waals surface area contributed by atoms with E-state index in [1.54, 1.807) is 36.7 Å². The summed E-state index contributed by atoms with van der Waals surface area (Å²) in [6.45, 7) is 2.97. The third-order valence-electron chi connectivity index (χ3n) is 6.27. The molecule has 3 aromatic rings. The molecular weight excluding hydrogens is 482 g/mol. The molecule has 2 aliphatic rings. The number of thiophene rings is 1. The maximum Gasteiger partial charge on any atom is 0.253 e. The summed E-state index contributed by atoms with van der Waals surface area (Å²) >= 11 is 7.22. The molecule has 33 heavy (non-hydrogen) atoms. The van der Waals surface area contributed by atoms with Gasteiger partial charge < -0.3 is 9.80 Å². The summed E-state index contributed by atoms with van der Waals surface area (Å²) in [7, 11) is -3.72. The second-order valence-corrected chi connectivity index (χ2v) is 12.1. The highest BCUT2D eigenvalue weighted by molar-refractivity contribution is 7.91. The number of benzene rings is 1. The van der Waals surface area contributed by atoms with Crippen LogP contribution in [0.2, 0.25) is 5.02 Å². The normalized spacial score (nSPS) is 18.9. The summed E-state index contributed by atoms with van der Waals surface area (Å²) in [5, 5.41) is 1.40. The highest BCUT2D eigenvalue weighted by Crippen LogP contribution is 2.33. The zero-order valence-corrected chi connectivity index (χ0v) is 20.3. The zero-order chi connectivity index (χ0) is 23.0. The number of rotatable bonds is 5. The van der Waals surface area contributed by atoms with E-state index in [9.17, 15) is 13.2 Å². The van der Waals surface area contributed by atoms with E-state index < -0.39 is 10.0 Å². The second kappa shape index (κ2) is 9.17. The van der Waals surface area contributed by atoms with Crippen molar-refractivity contribution >= 4 is 54.9 Å². The fraction of sp³-hybridized carbons (Fsp3) is 0.409. The number of nitrogens with zero attached hydrogens (tertiary/aromatic N) is 5. The number of hydrogen-bond acceptors (Lipinski definition) is 7. The van der Waals surface area contributed by atoms with Crippen LogP contribution in [-0.4, -0.2) is 72.8 Å². The van der Waals surface area contributed by atoms with Crippen LogP contribution in [-0.2, 0) is 14.8 Å². The van der Waals surface area contributed by atoms with E-state index >= 15 is 0 Å². The van der Waals surface area contributed by atoms with Gasteiger partial charge >= 0.3 is 0 Å². The van der Waals surface area contributed by atoms with Crippen molar-refractivity contribution in [1.82, 2.24) is 19.2 Å². The topological polar surface area (TPSA) is 86.7 Å². The number of hydrogen-bond donors (Lipinski definition) is 0. The minimum Gasteiger partial charge on any atom is -0.341 e. The molecule has 4 heterocycles. The van der Waals surface area contributed by atoms with Crippen molar-refractivity contribution < 1.29 is 13.2 Å². The van der Waals surface area contributed by atoms with Crippen LogP contribution in [0.3, 0.4) is 0 Å². The fourth-order valence-electron chi connectivity index (χ4n) is 4.40. The summed E-state index contributed by atoms with van der Waals surface area (Å²) in [5.74, 6) is 1.00. The molecule has 2 fully saturated rings. The smallest absolute Gasteiger partial charge is 0.253 e. The Balaban J connectivity index is 1.19. The highest BCUT2D eigenvalue weighted by Gasteiger charge is 2.35. The first-order chi connectivity index (χ1) is 15.9.